The topological polar surface area (TPSA) is 45.2 Å². The fraction of sp³-hybridized carbons (Fsp3) is 0.625. The number of likely N-dealkylation sites (tertiary alicyclic amines) is 1. The van der Waals surface area contributed by atoms with Crippen molar-refractivity contribution in [2.45, 2.75) is 38.0 Å². The molecular weight excluding hydrogens is 321 g/mol. The first-order valence-electron chi connectivity index (χ1n) is 7.80. The molecular formula is C16H25Cl2N3O. The van der Waals surface area contributed by atoms with Crippen molar-refractivity contribution in [2.75, 3.05) is 26.2 Å². The molecule has 0 spiro atoms. The fourth-order valence-electron chi connectivity index (χ4n) is 3.17. The van der Waals surface area contributed by atoms with E-state index >= 15 is 0 Å². The number of amides is 1. The van der Waals surface area contributed by atoms with Crippen LogP contribution in [-0.4, -0.2) is 42.0 Å². The fourth-order valence-corrected chi connectivity index (χ4v) is 3.17. The summed E-state index contributed by atoms with van der Waals surface area (Å²) in [6.07, 6.45) is 7.57. The van der Waals surface area contributed by atoms with E-state index in [1.807, 2.05) is 17.0 Å². The average Bonchev–Trinajstić information content (AvgIpc) is 2.56. The first kappa shape index (κ1) is 19.2. The third kappa shape index (κ3) is 4.58. The summed E-state index contributed by atoms with van der Waals surface area (Å²) in [5, 5.41) is 3.37. The molecule has 1 aromatic rings. The number of carbonyl (C=O) groups is 1. The Hall–Kier alpha value is -0.840. The van der Waals surface area contributed by atoms with E-state index in [2.05, 4.69) is 10.3 Å². The molecule has 1 N–H and O–H groups in total. The maximum absolute atomic E-state index is 12.4. The lowest BCUT2D eigenvalue weighted by atomic mass is 9.94. The minimum absolute atomic E-state index is 0. The Morgan fingerprint density at radius 1 is 1.09 bits per heavy atom. The number of piperidine rings is 2. The zero-order valence-electron chi connectivity index (χ0n) is 12.8. The lowest BCUT2D eigenvalue weighted by Crippen LogP contribution is -2.35. The summed E-state index contributed by atoms with van der Waals surface area (Å²) in [7, 11) is 0. The molecule has 0 aliphatic carbocycles. The predicted octanol–water partition coefficient (Wildman–Crippen LogP) is 3.02. The van der Waals surface area contributed by atoms with Gasteiger partial charge in [0.15, 0.2) is 0 Å². The number of hydrogen-bond acceptors (Lipinski definition) is 3. The van der Waals surface area contributed by atoms with E-state index in [0.717, 1.165) is 63.1 Å². The number of nitrogens with zero attached hydrogens (tertiary/aromatic N) is 2. The summed E-state index contributed by atoms with van der Waals surface area (Å²) in [5.74, 6) is 0.699. The molecule has 22 heavy (non-hydrogen) atoms. The Morgan fingerprint density at radius 2 is 1.77 bits per heavy atom. The van der Waals surface area contributed by atoms with Gasteiger partial charge in [-0.25, -0.2) is 0 Å². The lowest BCUT2D eigenvalue weighted by molar-refractivity contribution is 0.0724. The van der Waals surface area contributed by atoms with E-state index in [4.69, 9.17) is 0 Å². The summed E-state index contributed by atoms with van der Waals surface area (Å²) >= 11 is 0. The molecule has 0 saturated carbocycles. The van der Waals surface area contributed by atoms with Gasteiger partial charge in [0.25, 0.3) is 5.91 Å². The third-order valence-corrected chi connectivity index (χ3v) is 4.43. The van der Waals surface area contributed by atoms with Crippen LogP contribution in [0.15, 0.2) is 18.3 Å². The second-order valence-corrected chi connectivity index (χ2v) is 5.85. The third-order valence-electron chi connectivity index (χ3n) is 4.43. The smallest absolute Gasteiger partial charge is 0.255 e. The van der Waals surface area contributed by atoms with Crippen molar-refractivity contribution in [3.8, 4) is 0 Å². The molecule has 0 aromatic carbocycles. The van der Waals surface area contributed by atoms with Crippen molar-refractivity contribution < 1.29 is 4.79 Å². The van der Waals surface area contributed by atoms with Crippen LogP contribution < -0.4 is 5.32 Å². The molecule has 0 radical (unpaired) electrons. The van der Waals surface area contributed by atoms with E-state index in [1.165, 1.54) is 6.42 Å². The number of aromatic nitrogens is 1. The zero-order chi connectivity index (χ0) is 13.8. The molecule has 2 aliphatic heterocycles. The van der Waals surface area contributed by atoms with Gasteiger partial charge in [-0.1, -0.05) is 0 Å². The monoisotopic (exact) mass is 345 g/mol. The zero-order valence-corrected chi connectivity index (χ0v) is 14.4. The summed E-state index contributed by atoms with van der Waals surface area (Å²) in [5.41, 5.74) is 1.88. The highest BCUT2D eigenvalue weighted by molar-refractivity contribution is 5.94. The molecule has 3 rings (SSSR count). The molecule has 2 fully saturated rings. The van der Waals surface area contributed by atoms with E-state index in [1.54, 1.807) is 6.20 Å². The Kier molecular flexibility index (Phi) is 8.15. The second-order valence-electron chi connectivity index (χ2n) is 5.85. The van der Waals surface area contributed by atoms with Gasteiger partial charge in [0.1, 0.15) is 0 Å². The highest BCUT2D eigenvalue weighted by Gasteiger charge is 2.20. The summed E-state index contributed by atoms with van der Waals surface area (Å²) < 4.78 is 0. The van der Waals surface area contributed by atoms with Crippen molar-refractivity contribution in [3.63, 3.8) is 0 Å². The van der Waals surface area contributed by atoms with Crippen LogP contribution in [0.4, 0.5) is 0 Å². The van der Waals surface area contributed by atoms with Crippen LogP contribution in [0.1, 0.15) is 54.1 Å². The average molecular weight is 346 g/mol. The van der Waals surface area contributed by atoms with Gasteiger partial charge < -0.3 is 10.2 Å². The van der Waals surface area contributed by atoms with Gasteiger partial charge in [-0.05, 0) is 57.3 Å². The molecule has 0 unspecified atom stereocenters. The van der Waals surface area contributed by atoms with E-state index in [9.17, 15) is 4.79 Å². The van der Waals surface area contributed by atoms with Crippen LogP contribution in [0.25, 0.3) is 0 Å². The van der Waals surface area contributed by atoms with Crippen LogP contribution in [0, 0.1) is 0 Å². The van der Waals surface area contributed by atoms with Crippen LogP contribution in [0.5, 0.6) is 0 Å². The first-order valence-corrected chi connectivity index (χ1v) is 7.80. The van der Waals surface area contributed by atoms with E-state index in [0.29, 0.717) is 5.92 Å². The second kappa shape index (κ2) is 9.33. The quantitative estimate of drug-likeness (QED) is 0.895. The van der Waals surface area contributed by atoms with Crippen molar-refractivity contribution in [1.82, 2.24) is 15.2 Å². The minimum Gasteiger partial charge on any atom is -0.339 e. The van der Waals surface area contributed by atoms with Gasteiger partial charge >= 0.3 is 0 Å². The Balaban J connectivity index is 0.00000121. The van der Waals surface area contributed by atoms with Gasteiger partial charge in [0, 0.05) is 30.9 Å². The number of nitrogens with one attached hydrogen (secondary N) is 1. The van der Waals surface area contributed by atoms with Crippen LogP contribution >= 0.6 is 24.8 Å². The van der Waals surface area contributed by atoms with Gasteiger partial charge in [-0.3, -0.25) is 9.78 Å². The van der Waals surface area contributed by atoms with Gasteiger partial charge in [-0.2, -0.15) is 0 Å². The van der Waals surface area contributed by atoms with Crippen LogP contribution in [0.3, 0.4) is 0 Å². The summed E-state index contributed by atoms with van der Waals surface area (Å²) in [6.45, 7) is 3.94. The molecule has 6 heteroatoms. The molecule has 1 amide bonds. The van der Waals surface area contributed by atoms with Crippen LogP contribution in [-0.2, 0) is 0 Å². The van der Waals surface area contributed by atoms with Crippen molar-refractivity contribution in [1.29, 1.82) is 0 Å². The number of pyridine rings is 1. The molecule has 4 nitrogen and oxygen atoms in total. The molecule has 0 bridgehead atoms. The van der Waals surface area contributed by atoms with E-state index in [-0.39, 0.29) is 30.7 Å². The highest BCUT2D eigenvalue weighted by Crippen LogP contribution is 2.23. The van der Waals surface area contributed by atoms with Crippen molar-refractivity contribution in [2.24, 2.45) is 0 Å². The number of hydrogen-bond donors (Lipinski definition) is 1. The first-order chi connectivity index (χ1) is 9.84. The maximum Gasteiger partial charge on any atom is 0.255 e. The molecule has 2 saturated heterocycles. The number of rotatable bonds is 2. The van der Waals surface area contributed by atoms with E-state index < -0.39 is 0 Å². The number of carbonyl (C=O) groups excluding carboxylic acids is 1. The van der Waals surface area contributed by atoms with Crippen molar-refractivity contribution in [3.05, 3.63) is 29.6 Å². The minimum atomic E-state index is 0. The Morgan fingerprint density at radius 3 is 2.36 bits per heavy atom. The number of halogens is 2. The summed E-state index contributed by atoms with van der Waals surface area (Å²) in [4.78, 5) is 18.9. The highest BCUT2D eigenvalue weighted by atomic mass is 35.5. The predicted molar refractivity (Wildman–Crippen MR) is 93.3 cm³/mol. The maximum atomic E-state index is 12.4. The lowest BCUT2D eigenvalue weighted by Gasteiger charge is -2.27. The molecule has 2 aliphatic rings. The normalized spacial score (nSPS) is 19.0. The largest absolute Gasteiger partial charge is 0.339 e. The van der Waals surface area contributed by atoms with Crippen LogP contribution in [0.2, 0.25) is 0 Å². The molecule has 124 valence electrons. The molecule has 1 aromatic heterocycles. The summed E-state index contributed by atoms with van der Waals surface area (Å²) in [6, 6.07) is 4.01. The Bertz CT molecular complexity index is 455. The SMILES string of the molecule is Cl.Cl.O=C(c1ccc(C2CCNCC2)nc1)N1CCCCC1. The standard InChI is InChI=1S/C16H23N3O.2ClH/c20-16(19-10-2-1-3-11-19)14-4-5-15(18-12-14)13-6-8-17-9-7-13;;/h4-5,12-13,17H,1-3,6-11H2;2*1H. The van der Waals surface area contributed by atoms with Gasteiger partial charge in [0.05, 0.1) is 5.56 Å². The Labute approximate surface area is 144 Å². The van der Waals surface area contributed by atoms with Gasteiger partial charge in [0.2, 0.25) is 0 Å². The molecule has 3 heterocycles. The van der Waals surface area contributed by atoms with Gasteiger partial charge in [-0.15, -0.1) is 24.8 Å². The van der Waals surface area contributed by atoms with Crippen molar-refractivity contribution >= 4 is 30.7 Å². The molecule has 0 atom stereocenters.